The maximum absolute atomic E-state index is 5.47. The van der Waals surface area contributed by atoms with Crippen molar-refractivity contribution in [1.29, 1.82) is 0 Å². The maximum atomic E-state index is 5.47. The van der Waals surface area contributed by atoms with E-state index in [2.05, 4.69) is 50.3 Å². The van der Waals surface area contributed by atoms with Crippen LogP contribution in [0.5, 0.6) is 5.88 Å². The molecule has 0 spiro atoms. The van der Waals surface area contributed by atoms with Crippen LogP contribution in [0.15, 0.2) is 28.2 Å². The molecule has 0 aliphatic heterocycles. The van der Waals surface area contributed by atoms with Crippen molar-refractivity contribution in [3.05, 3.63) is 33.1 Å². The van der Waals surface area contributed by atoms with E-state index in [9.17, 15) is 0 Å². The summed E-state index contributed by atoms with van der Waals surface area (Å²) in [5.74, 6) is 1.24. The van der Waals surface area contributed by atoms with Gasteiger partial charge < -0.3 is 10.1 Å². The lowest BCUT2D eigenvalue weighted by molar-refractivity contribution is 0.305. The summed E-state index contributed by atoms with van der Waals surface area (Å²) in [4.78, 5) is 9.80. The van der Waals surface area contributed by atoms with E-state index in [-0.39, 0.29) is 0 Å². The van der Waals surface area contributed by atoms with Crippen molar-refractivity contribution < 1.29 is 4.74 Å². The van der Waals surface area contributed by atoms with Gasteiger partial charge in [-0.25, -0.2) is 4.98 Å². The van der Waals surface area contributed by atoms with Crippen LogP contribution < -0.4 is 10.1 Å². The van der Waals surface area contributed by atoms with E-state index in [0.29, 0.717) is 18.4 Å². The van der Waals surface area contributed by atoms with Crippen LogP contribution in [0.4, 0.5) is 5.95 Å². The first-order valence-corrected chi connectivity index (χ1v) is 7.83. The zero-order valence-electron chi connectivity index (χ0n) is 10.7. The second-order valence-electron chi connectivity index (χ2n) is 3.95. The van der Waals surface area contributed by atoms with Crippen molar-refractivity contribution in [1.82, 2.24) is 9.97 Å². The third-order valence-corrected chi connectivity index (χ3v) is 4.05. The van der Waals surface area contributed by atoms with Crippen molar-refractivity contribution >= 4 is 33.2 Å². The predicted molar refractivity (Wildman–Crippen MR) is 82.0 cm³/mol. The summed E-state index contributed by atoms with van der Waals surface area (Å²) in [6.45, 7) is 3.56. The first-order chi connectivity index (χ1) is 9.28. The number of rotatable bonds is 7. The molecule has 0 aliphatic carbocycles. The number of thiophene rings is 1. The van der Waals surface area contributed by atoms with Crippen molar-refractivity contribution in [2.24, 2.45) is 0 Å². The van der Waals surface area contributed by atoms with Gasteiger partial charge in [0.15, 0.2) is 0 Å². The molecule has 0 saturated heterocycles. The Morgan fingerprint density at radius 1 is 1.37 bits per heavy atom. The second-order valence-corrected chi connectivity index (χ2v) is 6.50. The third-order valence-electron chi connectivity index (χ3n) is 2.37. The van der Waals surface area contributed by atoms with Gasteiger partial charge >= 0.3 is 0 Å². The molecule has 2 rings (SSSR count). The van der Waals surface area contributed by atoms with E-state index in [1.54, 1.807) is 23.6 Å². The molecule has 0 radical (unpaired) electrons. The Hall–Kier alpha value is -1.14. The summed E-state index contributed by atoms with van der Waals surface area (Å²) in [7, 11) is 0. The van der Waals surface area contributed by atoms with Gasteiger partial charge in [0.05, 0.1) is 10.4 Å². The summed E-state index contributed by atoms with van der Waals surface area (Å²) in [5, 5.41) is 3.21. The Kier molecular flexibility index (Phi) is 5.60. The summed E-state index contributed by atoms with van der Waals surface area (Å²) in [6, 6.07) is 5.96. The largest absolute Gasteiger partial charge is 0.478 e. The molecule has 0 aromatic carbocycles. The van der Waals surface area contributed by atoms with Crippen molar-refractivity contribution in [2.75, 3.05) is 18.5 Å². The fraction of sp³-hybridized carbons (Fsp3) is 0.385. The van der Waals surface area contributed by atoms with Crippen LogP contribution in [-0.4, -0.2) is 23.1 Å². The number of nitrogens with zero attached hydrogens (tertiary/aromatic N) is 2. The number of hydrogen-bond acceptors (Lipinski definition) is 5. The lowest BCUT2D eigenvalue weighted by Gasteiger charge is -2.06. The van der Waals surface area contributed by atoms with Crippen LogP contribution in [-0.2, 0) is 6.42 Å². The molecule has 2 aromatic rings. The monoisotopic (exact) mass is 341 g/mol. The highest BCUT2D eigenvalue weighted by Crippen LogP contribution is 2.22. The Bertz CT molecular complexity index is 518. The van der Waals surface area contributed by atoms with Gasteiger partial charge in [-0.05, 0) is 40.9 Å². The number of anilines is 1. The van der Waals surface area contributed by atoms with Gasteiger partial charge in [-0.2, -0.15) is 4.98 Å². The van der Waals surface area contributed by atoms with E-state index in [1.165, 1.54) is 4.88 Å². The molecule has 0 aliphatic rings. The first-order valence-electron chi connectivity index (χ1n) is 6.22. The number of ether oxygens (including phenoxy) is 1. The molecule has 0 fully saturated rings. The fourth-order valence-electron chi connectivity index (χ4n) is 1.50. The summed E-state index contributed by atoms with van der Waals surface area (Å²) in [5.41, 5.74) is 0. The highest BCUT2D eigenvalue weighted by molar-refractivity contribution is 9.11. The SMILES string of the molecule is CCCOc1ccnc(NCCc2ccc(Br)s2)n1. The highest BCUT2D eigenvalue weighted by Gasteiger charge is 2.01. The Morgan fingerprint density at radius 3 is 3.00 bits per heavy atom. The molecule has 1 N–H and O–H groups in total. The molecule has 2 heterocycles. The van der Waals surface area contributed by atoms with Gasteiger partial charge in [0, 0.05) is 23.7 Å². The van der Waals surface area contributed by atoms with Gasteiger partial charge in [-0.1, -0.05) is 6.92 Å². The Labute approximate surface area is 125 Å². The normalized spacial score (nSPS) is 10.4. The zero-order chi connectivity index (χ0) is 13.5. The van der Waals surface area contributed by atoms with E-state index in [1.807, 2.05) is 0 Å². The maximum Gasteiger partial charge on any atom is 0.225 e. The molecular formula is C13H16BrN3OS. The minimum atomic E-state index is 0.615. The standard InChI is InChI=1S/C13H16BrN3OS/c1-2-9-18-12-6-8-16-13(17-12)15-7-5-10-3-4-11(14)19-10/h3-4,6,8H,2,5,7,9H2,1H3,(H,15,16,17). The third kappa shape index (κ3) is 4.80. The van der Waals surface area contributed by atoms with Gasteiger partial charge in [-0.3, -0.25) is 0 Å². The van der Waals surface area contributed by atoms with Crippen LogP contribution in [0.25, 0.3) is 0 Å². The predicted octanol–water partition coefficient (Wildman–Crippen LogP) is 3.74. The molecule has 0 unspecified atom stereocenters. The van der Waals surface area contributed by atoms with Crippen LogP contribution in [0.3, 0.4) is 0 Å². The molecule has 19 heavy (non-hydrogen) atoms. The molecule has 2 aromatic heterocycles. The van der Waals surface area contributed by atoms with Crippen LogP contribution in [0, 0.1) is 0 Å². The average molecular weight is 342 g/mol. The Morgan fingerprint density at radius 2 is 2.26 bits per heavy atom. The molecule has 0 bridgehead atoms. The van der Waals surface area contributed by atoms with Gasteiger partial charge in [0.1, 0.15) is 0 Å². The van der Waals surface area contributed by atoms with E-state index in [0.717, 1.165) is 23.2 Å². The molecule has 0 atom stereocenters. The van der Waals surface area contributed by atoms with Crippen LogP contribution in [0.1, 0.15) is 18.2 Å². The Balaban J connectivity index is 1.82. The highest BCUT2D eigenvalue weighted by atomic mass is 79.9. The number of nitrogens with one attached hydrogen (secondary N) is 1. The molecular weight excluding hydrogens is 326 g/mol. The quantitative estimate of drug-likeness (QED) is 0.833. The van der Waals surface area contributed by atoms with E-state index < -0.39 is 0 Å². The molecule has 102 valence electrons. The van der Waals surface area contributed by atoms with Crippen LogP contribution >= 0.6 is 27.3 Å². The molecule has 0 amide bonds. The van der Waals surface area contributed by atoms with Gasteiger partial charge in [-0.15, -0.1) is 11.3 Å². The van der Waals surface area contributed by atoms with Crippen molar-refractivity contribution in [3.63, 3.8) is 0 Å². The van der Waals surface area contributed by atoms with Gasteiger partial charge in [0.25, 0.3) is 0 Å². The van der Waals surface area contributed by atoms with Crippen molar-refractivity contribution in [2.45, 2.75) is 19.8 Å². The summed E-state index contributed by atoms with van der Waals surface area (Å²) < 4.78 is 6.63. The zero-order valence-corrected chi connectivity index (χ0v) is 13.1. The van der Waals surface area contributed by atoms with Gasteiger partial charge in [0.2, 0.25) is 11.8 Å². The van der Waals surface area contributed by atoms with Crippen molar-refractivity contribution in [3.8, 4) is 5.88 Å². The minimum Gasteiger partial charge on any atom is -0.478 e. The molecule has 6 heteroatoms. The van der Waals surface area contributed by atoms with E-state index in [4.69, 9.17) is 4.74 Å². The summed E-state index contributed by atoms with van der Waals surface area (Å²) in [6.07, 6.45) is 3.64. The minimum absolute atomic E-state index is 0.615. The summed E-state index contributed by atoms with van der Waals surface area (Å²) >= 11 is 5.21. The lowest BCUT2D eigenvalue weighted by Crippen LogP contribution is -2.08. The molecule has 4 nitrogen and oxygen atoms in total. The smallest absolute Gasteiger partial charge is 0.225 e. The van der Waals surface area contributed by atoms with E-state index >= 15 is 0 Å². The lowest BCUT2D eigenvalue weighted by atomic mass is 10.3. The average Bonchev–Trinajstić information content (AvgIpc) is 2.83. The topological polar surface area (TPSA) is 47.0 Å². The number of halogens is 1. The molecule has 0 saturated carbocycles. The second kappa shape index (κ2) is 7.45. The number of aromatic nitrogens is 2. The number of hydrogen-bond donors (Lipinski definition) is 1. The van der Waals surface area contributed by atoms with Crippen LogP contribution in [0.2, 0.25) is 0 Å². The fourth-order valence-corrected chi connectivity index (χ4v) is 2.98. The first kappa shape index (κ1) is 14.3.